The van der Waals surface area contributed by atoms with Crippen LogP contribution in [0, 0.1) is 5.82 Å². The van der Waals surface area contributed by atoms with E-state index in [1.165, 1.54) is 12.3 Å². The van der Waals surface area contributed by atoms with Crippen molar-refractivity contribution in [3.8, 4) is 11.5 Å². The van der Waals surface area contributed by atoms with Crippen LogP contribution in [0.3, 0.4) is 0 Å². The van der Waals surface area contributed by atoms with Crippen molar-refractivity contribution in [3.63, 3.8) is 0 Å². The number of carboxylic acids is 1. The van der Waals surface area contributed by atoms with E-state index in [-0.39, 0.29) is 17.7 Å². The average molecular weight is 453 g/mol. The van der Waals surface area contributed by atoms with E-state index < -0.39 is 17.2 Å². The third-order valence-electron chi connectivity index (χ3n) is 6.30. The number of hydrogen-bond acceptors (Lipinski definition) is 6. The molecule has 0 bridgehead atoms. The van der Waals surface area contributed by atoms with Crippen molar-refractivity contribution in [1.82, 2.24) is 9.47 Å². The van der Waals surface area contributed by atoms with E-state index >= 15 is 4.39 Å². The predicted octanol–water partition coefficient (Wildman–Crippen LogP) is 2.91. The summed E-state index contributed by atoms with van der Waals surface area (Å²) in [5, 5.41) is 9.40. The molecule has 0 amide bonds. The van der Waals surface area contributed by atoms with Gasteiger partial charge in [-0.1, -0.05) is 12.1 Å². The van der Waals surface area contributed by atoms with Crippen LogP contribution in [0.4, 0.5) is 10.1 Å². The molecular formula is C24H24FN3O5. The number of nitrogens with zero attached hydrogens (tertiary/aromatic N) is 3. The molecule has 0 unspecified atom stereocenters. The molecule has 5 rings (SSSR count). The SMILES string of the molecule is CCn1cc(C(=O)O)c(=O)c2cc(F)c(N3CCN(Cc4cccc5c4OCO5)CC3)cc21. The van der Waals surface area contributed by atoms with Gasteiger partial charge in [-0.25, -0.2) is 9.18 Å². The van der Waals surface area contributed by atoms with Crippen LogP contribution < -0.4 is 19.8 Å². The summed E-state index contributed by atoms with van der Waals surface area (Å²) in [6.45, 7) is 5.99. The van der Waals surface area contributed by atoms with Gasteiger partial charge in [-0.2, -0.15) is 0 Å². The summed E-state index contributed by atoms with van der Waals surface area (Å²) >= 11 is 0. The lowest BCUT2D eigenvalue weighted by molar-refractivity contribution is 0.0695. The van der Waals surface area contributed by atoms with Gasteiger partial charge in [0.05, 0.1) is 11.2 Å². The molecule has 1 N–H and O–H groups in total. The van der Waals surface area contributed by atoms with Gasteiger partial charge in [0, 0.05) is 56.4 Å². The lowest BCUT2D eigenvalue weighted by Gasteiger charge is -2.36. The third-order valence-corrected chi connectivity index (χ3v) is 6.30. The Bertz CT molecular complexity index is 1300. The zero-order chi connectivity index (χ0) is 23.1. The van der Waals surface area contributed by atoms with Crippen molar-refractivity contribution in [2.45, 2.75) is 20.0 Å². The molecule has 0 aliphatic carbocycles. The smallest absolute Gasteiger partial charge is 0.341 e. The number of ether oxygens (including phenoxy) is 2. The molecule has 33 heavy (non-hydrogen) atoms. The number of carbonyl (C=O) groups is 1. The zero-order valence-corrected chi connectivity index (χ0v) is 18.2. The molecule has 2 aliphatic rings. The van der Waals surface area contributed by atoms with Gasteiger partial charge in [0.1, 0.15) is 11.4 Å². The first-order chi connectivity index (χ1) is 16.0. The molecule has 2 aliphatic heterocycles. The van der Waals surface area contributed by atoms with Gasteiger partial charge in [0.25, 0.3) is 0 Å². The van der Waals surface area contributed by atoms with Crippen LogP contribution in [-0.2, 0) is 13.1 Å². The number of piperazine rings is 1. The molecule has 3 heterocycles. The van der Waals surface area contributed by atoms with Crippen LogP contribution in [0.2, 0.25) is 0 Å². The number of pyridine rings is 1. The molecule has 1 saturated heterocycles. The highest BCUT2D eigenvalue weighted by Gasteiger charge is 2.24. The monoisotopic (exact) mass is 453 g/mol. The highest BCUT2D eigenvalue weighted by atomic mass is 19.1. The maximum atomic E-state index is 15.1. The van der Waals surface area contributed by atoms with Gasteiger partial charge >= 0.3 is 5.97 Å². The van der Waals surface area contributed by atoms with Crippen molar-refractivity contribution < 1.29 is 23.8 Å². The number of aromatic nitrogens is 1. The summed E-state index contributed by atoms with van der Waals surface area (Å²) in [5.74, 6) is -0.286. The highest BCUT2D eigenvalue weighted by Crippen LogP contribution is 2.36. The van der Waals surface area contributed by atoms with Crippen molar-refractivity contribution >= 4 is 22.6 Å². The Morgan fingerprint density at radius 2 is 1.94 bits per heavy atom. The number of aryl methyl sites for hydroxylation is 1. The third kappa shape index (κ3) is 3.78. The maximum absolute atomic E-state index is 15.1. The minimum absolute atomic E-state index is 0.0804. The summed E-state index contributed by atoms with van der Waals surface area (Å²) in [4.78, 5) is 28.3. The summed E-state index contributed by atoms with van der Waals surface area (Å²) in [7, 11) is 0. The highest BCUT2D eigenvalue weighted by molar-refractivity contribution is 5.93. The Morgan fingerprint density at radius 1 is 1.15 bits per heavy atom. The number of halogens is 1. The van der Waals surface area contributed by atoms with Crippen molar-refractivity contribution in [2.75, 3.05) is 37.9 Å². The number of rotatable bonds is 5. The van der Waals surface area contributed by atoms with E-state index in [0.29, 0.717) is 37.4 Å². The summed E-state index contributed by atoms with van der Waals surface area (Å²) in [6, 6.07) is 8.70. The van der Waals surface area contributed by atoms with E-state index in [4.69, 9.17) is 9.47 Å². The average Bonchev–Trinajstić information content (AvgIpc) is 3.30. The fourth-order valence-corrected chi connectivity index (χ4v) is 4.56. The van der Waals surface area contributed by atoms with Gasteiger partial charge in [-0.15, -0.1) is 0 Å². The Hall–Kier alpha value is -3.59. The number of hydrogen-bond donors (Lipinski definition) is 1. The number of para-hydroxylation sites is 1. The quantitative estimate of drug-likeness (QED) is 0.636. The van der Waals surface area contributed by atoms with Gasteiger partial charge < -0.3 is 24.0 Å². The second-order valence-electron chi connectivity index (χ2n) is 8.20. The second-order valence-corrected chi connectivity index (χ2v) is 8.20. The van der Waals surface area contributed by atoms with Gasteiger partial charge in [0.2, 0.25) is 12.2 Å². The van der Waals surface area contributed by atoms with Crippen LogP contribution in [0.1, 0.15) is 22.8 Å². The van der Waals surface area contributed by atoms with Crippen LogP contribution in [0.15, 0.2) is 41.3 Å². The van der Waals surface area contributed by atoms with Crippen LogP contribution in [0.25, 0.3) is 10.9 Å². The van der Waals surface area contributed by atoms with Gasteiger partial charge in [0.15, 0.2) is 11.5 Å². The first kappa shape index (κ1) is 21.3. The largest absolute Gasteiger partial charge is 0.477 e. The fourth-order valence-electron chi connectivity index (χ4n) is 4.56. The van der Waals surface area contributed by atoms with Crippen LogP contribution >= 0.6 is 0 Å². The zero-order valence-electron chi connectivity index (χ0n) is 18.2. The minimum atomic E-state index is -1.31. The summed E-state index contributed by atoms with van der Waals surface area (Å²) in [6.07, 6.45) is 1.33. The normalized spacial score (nSPS) is 15.9. The van der Waals surface area contributed by atoms with Crippen molar-refractivity contribution in [1.29, 1.82) is 0 Å². The predicted molar refractivity (Wildman–Crippen MR) is 121 cm³/mol. The Balaban J connectivity index is 1.38. The van der Waals surface area contributed by atoms with Gasteiger partial charge in [-0.3, -0.25) is 9.69 Å². The molecule has 0 spiro atoms. The Kier molecular flexibility index (Phi) is 5.41. The minimum Gasteiger partial charge on any atom is -0.477 e. The molecule has 8 nitrogen and oxygen atoms in total. The number of aromatic carboxylic acids is 1. The molecule has 1 fully saturated rings. The molecule has 9 heteroatoms. The van der Waals surface area contributed by atoms with Gasteiger partial charge in [-0.05, 0) is 25.1 Å². The second kappa shape index (κ2) is 8.40. The van der Waals surface area contributed by atoms with Crippen LogP contribution in [0.5, 0.6) is 11.5 Å². The standard InChI is InChI=1S/C24H24FN3O5/c1-2-27-13-17(24(30)31)22(29)16-10-18(25)20(11-19(16)27)28-8-6-26(7-9-28)12-15-4-3-5-21-23(15)33-14-32-21/h3-5,10-11,13H,2,6-9,12,14H2,1H3,(H,30,31). The first-order valence-electron chi connectivity index (χ1n) is 10.9. The Morgan fingerprint density at radius 3 is 2.67 bits per heavy atom. The van der Waals surface area contributed by atoms with E-state index in [2.05, 4.69) is 4.90 Å². The van der Waals surface area contributed by atoms with Crippen molar-refractivity contribution in [3.05, 3.63) is 63.7 Å². The lowest BCUT2D eigenvalue weighted by atomic mass is 10.1. The molecule has 0 radical (unpaired) electrons. The number of fused-ring (bicyclic) bond motifs is 2. The Labute approximate surface area is 189 Å². The number of benzene rings is 2. The summed E-state index contributed by atoms with van der Waals surface area (Å²) in [5.41, 5.74) is 0.995. The first-order valence-corrected chi connectivity index (χ1v) is 10.9. The molecular weight excluding hydrogens is 429 g/mol. The molecule has 1 aromatic heterocycles. The fraction of sp³-hybridized carbons (Fsp3) is 0.333. The van der Waals surface area contributed by atoms with E-state index in [0.717, 1.165) is 30.2 Å². The van der Waals surface area contributed by atoms with Crippen LogP contribution in [-0.4, -0.2) is 53.5 Å². The van der Waals surface area contributed by atoms with E-state index in [1.807, 2.05) is 30.0 Å². The lowest BCUT2D eigenvalue weighted by Crippen LogP contribution is -2.46. The van der Waals surface area contributed by atoms with Crippen molar-refractivity contribution in [2.24, 2.45) is 0 Å². The number of anilines is 1. The molecule has 0 saturated carbocycles. The van der Waals surface area contributed by atoms with E-state index in [9.17, 15) is 14.7 Å². The van der Waals surface area contributed by atoms with E-state index in [1.54, 1.807) is 10.6 Å². The topological polar surface area (TPSA) is 84.2 Å². The summed E-state index contributed by atoms with van der Waals surface area (Å²) < 4.78 is 27.8. The number of carboxylic acid groups (broad SMARTS) is 1. The maximum Gasteiger partial charge on any atom is 0.341 e. The molecule has 3 aromatic rings. The molecule has 0 atom stereocenters. The molecule has 172 valence electrons. The molecule has 2 aromatic carbocycles.